The predicted molar refractivity (Wildman–Crippen MR) is 71.7 cm³/mol. The van der Waals surface area contributed by atoms with Gasteiger partial charge in [0.15, 0.2) is 0 Å². The van der Waals surface area contributed by atoms with Gasteiger partial charge in [-0.2, -0.15) is 0 Å². The summed E-state index contributed by atoms with van der Waals surface area (Å²) in [6.45, 7) is 0.292. The third-order valence-electron chi connectivity index (χ3n) is 3.26. The average molecular weight is 278 g/mol. The van der Waals surface area contributed by atoms with E-state index in [-0.39, 0.29) is 6.42 Å². The molecule has 1 aliphatic rings. The number of carbonyl (C=O) groups is 1. The summed E-state index contributed by atoms with van der Waals surface area (Å²) in [4.78, 5) is 11.5. The van der Waals surface area contributed by atoms with Gasteiger partial charge < -0.3 is 19.7 Å². The first-order valence-corrected chi connectivity index (χ1v) is 6.42. The molecule has 0 spiro atoms. The molecule has 108 valence electrons. The van der Waals surface area contributed by atoms with E-state index in [9.17, 15) is 15.0 Å². The zero-order valence-electron chi connectivity index (χ0n) is 11.2. The number of ether oxygens (including phenoxy) is 2. The largest absolute Gasteiger partial charge is 0.466 e. The van der Waals surface area contributed by atoms with Crippen molar-refractivity contribution in [1.82, 2.24) is 0 Å². The molecule has 0 saturated carbocycles. The van der Waals surface area contributed by atoms with Gasteiger partial charge in [-0.3, -0.25) is 0 Å². The number of rotatable bonds is 4. The Kier molecular flexibility index (Phi) is 4.89. The Balaban J connectivity index is 2.06. The average Bonchev–Trinajstić information content (AvgIpc) is 2.48. The third kappa shape index (κ3) is 3.45. The summed E-state index contributed by atoms with van der Waals surface area (Å²) >= 11 is 0. The maximum atomic E-state index is 11.5. The van der Waals surface area contributed by atoms with Crippen LogP contribution in [0.5, 0.6) is 0 Å². The second-order valence-corrected chi connectivity index (χ2v) is 4.71. The number of aliphatic hydroxyl groups excluding tert-OH is 2. The summed E-state index contributed by atoms with van der Waals surface area (Å²) in [6, 6.07) is 9.48. The van der Waals surface area contributed by atoms with Crippen LogP contribution in [0.4, 0.5) is 0 Å². The second kappa shape index (κ2) is 6.65. The molecule has 20 heavy (non-hydrogen) atoms. The van der Waals surface area contributed by atoms with Crippen molar-refractivity contribution in [2.45, 2.75) is 31.3 Å². The number of hydrogen-bond donors (Lipinski definition) is 2. The summed E-state index contributed by atoms with van der Waals surface area (Å²) in [6.07, 6.45) is -1.22. The fraction of sp³-hybridized carbons (Fsp3) is 0.400. The first kappa shape index (κ1) is 14.7. The van der Waals surface area contributed by atoms with E-state index in [4.69, 9.17) is 4.74 Å². The van der Waals surface area contributed by atoms with Crippen LogP contribution in [-0.4, -0.2) is 41.6 Å². The highest BCUT2D eigenvalue weighted by Crippen LogP contribution is 2.23. The van der Waals surface area contributed by atoms with Gasteiger partial charge in [-0.15, -0.1) is 0 Å². The van der Waals surface area contributed by atoms with Crippen molar-refractivity contribution in [3.63, 3.8) is 0 Å². The third-order valence-corrected chi connectivity index (χ3v) is 3.26. The van der Waals surface area contributed by atoms with Crippen LogP contribution in [-0.2, 0) is 20.9 Å². The van der Waals surface area contributed by atoms with E-state index in [2.05, 4.69) is 4.74 Å². The Morgan fingerprint density at radius 1 is 1.30 bits per heavy atom. The number of hydrogen-bond acceptors (Lipinski definition) is 5. The molecule has 0 amide bonds. The molecule has 0 aliphatic heterocycles. The fourth-order valence-corrected chi connectivity index (χ4v) is 2.13. The van der Waals surface area contributed by atoms with Gasteiger partial charge in [-0.1, -0.05) is 30.3 Å². The summed E-state index contributed by atoms with van der Waals surface area (Å²) < 4.78 is 10.2. The summed E-state index contributed by atoms with van der Waals surface area (Å²) in [7, 11) is 1.28. The van der Waals surface area contributed by atoms with Crippen molar-refractivity contribution in [2.24, 2.45) is 0 Å². The number of benzene rings is 1. The molecule has 3 atom stereocenters. The highest BCUT2D eigenvalue weighted by Gasteiger charge is 2.33. The van der Waals surface area contributed by atoms with Crippen molar-refractivity contribution < 1.29 is 24.5 Å². The molecule has 1 aliphatic carbocycles. The molecule has 1 aromatic carbocycles. The molecule has 0 saturated heterocycles. The molecule has 2 rings (SSSR count). The molecule has 0 unspecified atom stereocenters. The predicted octanol–water partition coefficient (Wildman–Crippen LogP) is 0.797. The Morgan fingerprint density at radius 2 is 2.00 bits per heavy atom. The first-order chi connectivity index (χ1) is 9.61. The number of carbonyl (C=O) groups excluding carboxylic acids is 1. The number of esters is 1. The minimum absolute atomic E-state index is 0.0685. The lowest BCUT2D eigenvalue weighted by Gasteiger charge is -2.30. The SMILES string of the molecule is COC(=O)C1=C[C@@H](OCc2ccccc2)[C@@H](O)[C@H](O)C1. The van der Waals surface area contributed by atoms with Crippen molar-refractivity contribution in [1.29, 1.82) is 0 Å². The van der Waals surface area contributed by atoms with Crippen LogP contribution >= 0.6 is 0 Å². The Morgan fingerprint density at radius 3 is 2.65 bits per heavy atom. The van der Waals surface area contributed by atoms with Crippen LogP contribution in [0.15, 0.2) is 42.0 Å². The number of methoxy groups -OCH3 is 1. The monoisotopic (exact) mass is 278 g/mol. The van der Waals surface area contributed by atoms with Crippen molar-refractivity contribution in [2.75, 3.05) is 7.11 Å². The van der Waals surface area contributed by atoms with E-state index in [0.717, 1.165) is 5.56 Å². The summed E-state index contributed by atoms with van der Waals surface area (Å²) in [5.41, 5.74) is 1.27. The van der Waals surface area contributed by atoms with Crippen molar-refractivity contribution in [3.05, 3.63) is 47.5 Å². The molecule has 0 aromatic heterocycles. The van der Waals surface area contributed by atoms with E-state index in [1.165, 1.54) is 13.2 Å². The molecule has 5 nitrogen and oxygen atoms in total. The summed E-state index contributed by atoms with van der Waals surface area (Å²) in [5, 5.41) is 19.7. The smallest absolute Gasteiger partial charge is 0.333 e. The Hall–Kier alpha value is -1.69. The maximum Gasteiger partial charge on any atom is 0.333 e. The highest BCUT2D eigenvalue weighted by molar-refractivity contribution is 5.88. The molecule has 0 fully saturated rings. The lowest BCUT2D eigenvalue weighted by Crippen LogP contribution is -2.42. The van der Waals surface area contributed by atoms with Crippen molar-refractivity contribution in [3.8, 4) is 0 Å². The fourth-order valence-electron chi connectivity index (χ4n) is 2.13. The van der Waals surface area contributed by atoms with E-state index >= 15 is 0 Å². The van der Waals surface area contributed by atoms with Gasteiger partial charge in [-0.05, 0) is 11.6 Å². The topological polar surface area (TPSA) is 76.0 Å². The lowest BCUT2D eigenvalue weighted by atomic mass is 9.92. The lowest BCUT2D eigenvalue weighted by molar-refractivity contribution is -0.138. The zero-order valence-corrected chi connectivity index (χ0v) is 11.2. The van der Waals surface area contributed by atoms with Gasteiger partial charge >= 0.3 is 5.97 Å². The molecule has 0 radical (unpaired) electrons. The van der Waals surface area contributed by atoms with Gasteiger partial charge in [-0.25, -0.2) is 4.79 Å². The zero-order chi connectivity index (χ0) is 14.5. The van der Waals surface area contributed by atoms with Gasteiger partial charge in [0.25, 0.3) is 0 Å². The van der Waals surface area contributed by atoms with Gasteiger partial charge in [0.05, 0.1) is 19.8 Å². The van der Waals surface area contributed by atoms with E-state index < -0.39 is 24.3 Å². The first-order valence-electron chi connectivity index (χ1n) is 6.42. The summed E-state index contributed by atoms with van der Waals surface area (Å²) in [5.74, 6) is -0.510. The molecular weight excluding hydrogens is 260 g/mol. The van der Waals surface area contributed by atoms with Gasteiger partial charge in [0.2, 0.25) is 0 Å². The normalized spacial score (nSPS) is 25.9. The van der Waals surface area contributed by atoms with E-state index in [1.807, 2.05) is 30.3 Å². The van der Waals surface area contributed by atoms with Gasteiger partial charge in [0, 0.05) is 12.0 Å². The van der Waals surface area contributed by atoms with E-state index in [1.54, 1.807) is 0 Å². The Bertz CT molecular complexity index is 482. The van der Waals surface area contributed by atoms with Crippen LogP contribution in [0, 0.1) is 0 Å². The molecular formula is C15H18O5. The van der Waals surface area contributed by atoms with Crippen LogP contribution in [0.25, 0.3) is 0 Å². The van der Waals surface area contributed by atoms with Gasteiger partial charge in [0.1, 0.15) is 12.2 Å². The van der Waals surface area contributed by atoms with Crippen LogP contribution < -0.4 is 0 Å². The van der Waals surface area contributed by atoms with E-state index in [0.29, 0.717) is 12.2 Å². The quantitative estimate of drug-likeness (QED) is 0.797. The Labute approximate surface area is 117 Å². The molecule has 0 bridgehead atoms. The van der Waals surface area contributed by atoms with Crippen LogP contribution in [0.2, 0.25) is 0 Å². The molecule has 1 aromatic rings. The standard InChI is InChI=1S/C15H18O5/c1-19-15(18)11-7-12(16)14(17)13(8-11)20-9-10-5-3-2-4-6-10/h2-6,8,12-14,16-17H,7,9H2,1H3/t12-,13-,14+/m1/s1. The minimum Gasteiger partial charge on any atom is -0.466 e. The molecule has 2 N–H and O–H groups in total. The molecule has 5 heteroatoms. The maximum absolute atomic E-state index is 11.5. The highest BCUT2D eigenvalue weighted by atomic mass is 16.5. The van der Waals surface area contributed by atoms with Crippen LogP contribution in [0.1, 0.15) is 12.0 Å². The minimum atomic E-state index is -1.05. The molecule has 0 heterocycles. The number of aliphatic hydroxyl groups is 2. The van der Waals surface area contributed by atoms with Crippen molar-refractivity contribution >= 4 is 5.97 Å². The van der Waals surface area contributed by atoms with Crippen LogP contribution in [0.3, 0.4) is 0 Å². The second-order valence-electron chi connectivity index (χ2n) is 4.71.